The Bertz CT molecular complexity index is 209. The Labute approximate surface area is 99.3 Å². The van der Waals surface area contributed by atoms with Gasteiger partial charge in [-0.15, -0.1) is 0 Å². The van der Waals surface area contributed by atoms with Gasteiger partial charge in [0, 0.05) is 6.54 Å². The lowest BCUT2D eigenvalue weighted by Crippen LogP contribution is -2.50. The first-order valence-corrected chi connectivity index (χ1v) is 6.04. The molecule has 0 saturated carbocycles. The molecule has 0 aliphatic carbocycles. The smallest absolute Gasteiger partial charge is 0.326 e. The predicted octanol–water partition coefficient (Wildman–Crippen LogP) is 1.26. The second kappa shape index (κ2) is 7.63. The van der Waals surface area contributed by atoms with Gasteiger partial charge in [0.25, 0.3) is 0 Å². The van der Waals surface area contributed by atoms with Crippen molar-refractivity contribution in [2.45, 2.75) is 39.2 Å². The highest BCUT2D eigenvalue weighted by molar-refractivity contribution is 5.80. The summed E-state index contributed by atoms with van der Waals surface area (Å²) in [7, 11) is 3.88. The van der Waals surface area contributed by atoms with Crippen LogP contribution in [-0.2, 0) is 9.53 Å². The Morgan fingerprint density at radius 2 is 2.00 bits per heavy atom. The lowest BCUT2D eigenvalue weighted by atomic mass is 9.98. The molecule has 16 heavy (non-hydrogen) atoms. The van der Waals surface area contributed by atoms with Crippen LogP contribution in [0.3, 0.4) is 0 Å². The Hall–Kier alpha value is -0.610. The van der Waals surface area contributed by atoms with Crippen molar-refractivity contribution in [1.82, 2.24) is 10.2 Å². The van der Waals surface area contributed by atoms with E-state index >= 15 is 0 Å². The zero-order chi connectivity index (χ0) is 12.6. The summed E-state index contributed by atoms with van der Waals surface area (Å²) in [4.78, 5) is 14.0. The molecule has 0 aromatic heterocycles. The fraction of sp³-hybridized carbons (Fsp3) is 0.917. The summed E-state index contributed by atoms with van der Waals surface area (Å²) in [6.45, 7) is 8.26. The molecule has 0 radical (unpaired) electrons. The summed E-state index contributed by atoms with van der Waals surface area (Å²) in [5, 5.41) is 3.06. The van der Waals surface area contributed by atoms with E-state index in [0.29, 0.717) is 6.61 Å². The fourth-order valence-corrected chi connectivity index (χ4v) is 1.53. The molecule has 1 N–H and O–H groups in total. The third kappa shape index (κ3) is 4.94. The van der Waals surface area contributed by atoms with E-state index in [9.17, 15) is 4.79 Å². The standard InChI is InChI=1S/C12H26N2O2/c1-6-9-14(5)10-8-12(3,13-4)11(15)16-7-2/h13H,6-10H2,1-5H3. The summed E-state index contributed by atoms with van der Waals surface area (Å²) in [5.41, 5.74) is -0.571. The van der Waals surface area contributed by atoms with Crippen LogP contribution in [0, 0.1) is 0 Å². The molecule has 0 heterocycles. The number of hydrogen-bond donors (Lipinski definition) is 1. The van der Waals surface area contributed by atoms with Crippen molar-refractivity contribution in [3.8, 4) is 0 Å². The van der Waals surface area contributed by atoms with E-state index in [1.807, 2.05) is 13.8 Å². The molecular formula is C12H26N2O2. The van der Waals surface area contributed by atoms with Gasteiger partial charge in [0.15, 0.2) is 0 Å². The van der Waals surface area contributed by atoms with E-state index in [-0.39, 0.29) is 5.97 Å². The van der Waals surface area contributed by atoms with Gasteiger partial charge >= 0.3 is 5.97 Å². The first-order valence-electron chi connectivity index (χ1n) is 6.04. The summed E-state index contributed by atoms with van der Waals surface area (Å²) >= 11 is 0. The average molecular weight is 230 g/mol. The molecule has 0 aromatic rings. The van der Waals surface area contributed by atoms with Crippen LogP contribution in [0.4, 0.5) is 0 Å². The Balaban J connectivity index is 4.20. The largest absolute Gasteiger partial charge is 0.465 e. The minimum Gasteiger partial charge on any atom is -0.465 e. The highest BCUT2D eigenvalue weighted by Crippen LogP contribution is 2.12. The van der Waals surface area contributed by atoms with E-state index in [1.165, 1.54) is 0 Å². The molecule has 0 saturated heterocycles. The summed E-state index contributed by atoms with van der Waals surface area (Å²) in [6, 6.07) is 0. The number of carbonyl (C=O) groups excluding carboxylic acids is 1. The summed E-state index contributed by atoms with van der Waals surface area (Å²) < 4.78 is 5.07. The molecule has 0 bridgehead atoms. The monoisotopic (exact) mass is 230 g/mol. The fourth-order valence-electron chi connectivity index (χ4n) is 1.53. The van der Waals surface area contributed by atoms with E-state index in [2.05, 4.69) is 24.2 Å². The number of ether oxygens (including phenoxy) is 1. The molecule has 0 fully saturated rings. The number of carbonyl (C=O) groups is 1. The molecule has 1 atom stereocenters. The van der Waals surface area contributed by atoms with Crippen molar-refractivity contribution in [2.24, 2.45) is 0 Å². The van der Waals surface area contributed by atoms with E-state index < -0.39 is 5.54 Å². The van der Waals surface area contributed by atoms with Crippen LogP contribution in [0.5, 0.6) is 0 Å². The zero-order valence-electron chi connectivity index (χ0n) is 11.3. The number of esters is 1. The summed E-state index contributed by atoms with van der Waals surface area (Å²) in [6.07, 6.45) is 1.89. The van der Waals surface area contributed by atoms with Gasteiger partial charge in [-0.25, -0.2) is 0 Å². The molecule has 0 spiro atoms. The molecule has 0 aromatic carbocycles. The van der Waals surface area contributed by atoms with Crippen LogP contribution in [0.25, 0.3) is 0 Å². The van der Waals surface area contributed by atoms with Gasteiger partial charge in [0.2, 0.25) is 0 Å². The quantitative estimate of drug-likeness (QED) is 0.637. The van der Waals surface area contributed by atoms with Crippen LogP contribution < -0.4 is 5.32 Å². The predicted molar refractivity (Wildman–Crippen MR) is 66.5 cm³/mol. The number of rotatable bonds is 8. The lowest BCUT2D eigenvalue weighted by molar-refractivity contribution is -0.150. The molecule has 4 heteroatoms. The molecular weight excluding hydrogens is 204 g/mol. The minimum absolute atomic E-state index is 0.164. The third-order valence-corrected chi connectivity index (χ3v) is 2.88. The minimum atomic E-state index is -0.571. The zero-order valence-corrected chi connectivity index (χ0v) is 11.3. The second-order valence-electron chi connectivity index (χ2n) is 4.36. The van der Waals surface area contributed by atoms with Crippen molar-refractivity contribution in [3.05, 3.63) is 0 Å². The van der Waals surface area contributed by atoms with Gasteiger partial charge in [-0.05, 0) is 47.3 Å². The van der Waals surface area contributed by atoms with Gasteiger partial charge in [-0.1, -0.05) is 6.92 Å². The Morgan fingerprint density at radius 3 is 2.44 bits per heavy atom. The number of nitrogens with one attached hydrogen (secondary N) is 1. The van der Waals surface area contributed by atoms with Crippen molar-refractivity contribution in [1.29, 1.82) is 0 Å². The van der Waals surface area contributed by atoms with Crippen LogP contribution >= 0.6 is 0 Å². The van der Waals surface area contributed by atoms with Crippen LogP contribution in [0.2, 0.25) is 0 Å². The molecule has 1 unspecified atom stereocenters. The van der Waals surface area contributed by atoms with Crippen molar-refractivity contribution in [2.75, 3.05) is 33.8 Å². The highest BCUT2D eigenvalue weighted by Gasteiger charge is 2.32. The molecule has 96 valence electrons. The normalized spacial score (nSPS) is 14.9. The maximum absolute atomic E-state index is 11.8. The van der Waals surface area contributed by atoms with E-state index in [0.717, 1.165) is 25.9 Å². The lowest BCUT2D eigenvalue weighted by Gasteiger charge is -2.28. The third-order valence-electron chi connectivity index (χ3n) is 2.88. The van der Waals surface area contributed by atoms with Crippen LogP contribution in [-0.4, -0.2) is 50.2 Å². The van der Waals surface area contributed by atoms with Gasteiger partial charge < -0.3 is 15.0 Å². The van der Waals surface area contributed by atoms with Gasteiger partial charge in [-0.3, -0.25) is 4.79 Å². The molecule has 0 amide bonds. The van der Waals surface area contributed by atoms with Gasteiger partial charge in [0.1, 0.15) is 5.54 Å². The first-order chi connectivity index (χ1) is 7.50. The Kier molecular flexibility index (Phi) is 7.34. The SMILES string of the molecule is CCCN(C)CCC(C)(NC)C(=O)OCC. The Morgan fingerprint density at radius 1 is 1.38 bits per heavy atom. The van der Waals surface area contributed by atoms with Crippen LogP contribution in [0.1, 0.15) is 33.6 Å². The molecule has 4 nitrogen and oxygen atoms in total. The maximum Gasteiger partial charge on any atom is 0.326 e. The second-order valence-corrected chi connectivity index (χ2v) is 4.36. The molecule has 0 rings (SSSR count). The number of likely N-dealkylation sites (N-methyl/N-ethyl adjacent to an activating group) is 1. The first kappa shape index (κ1) is 15.4. The highest BCUT2D eigenvalue weighted by atomic mass is 16.5. The summed E-state index contributed by atoms with van der Waals surface area (Å²) in [5.74, 6) is -0.164. The average Bonchev–Trinajstić information content (AvgIpc) is 2.26. The number of nitrogens with zero attached hydrogens (tertiary/aromatic N) is 1. The molecule has 0 aliphatic heterocycles. The molecule has 0 aliphatic rings. The van der Waals surface area contributed by atoms with E-state index in [1.54, 1.807) is 7.05 Å². The van der Waals surface area contributed by atoms with Crippen molar-refractivity contribution in [3.63, 3.8) is 0 Å². The van der Waals surface area contributed by atoms with E-state index in [4.69, 9.17) is 4.74 Å². The maximum atomic E-state index is 11.8. The van der Waals surface area contributed by atoms with Crippen molar-refractivity contribution >= 4 is 5.97 Å². The number of hydrogen-bond acceptors (Lipinski definition) is 4. The van der Waals surface area contributed by atoms with Crippen molar-refractivity contribution < 1.29 is 9.53 Å². The topological polar surface area (TPSA) is 41.6 Å². The van der Waals surface area contributed by atoms with Gasteiger partial charge in [0.05, 0.1) is 6.61 Å². The van der Waals surface area contributed by atoms with Crippen LogP contribution in [0.15, 0.2) is 0 Å². The van der Waals surface area contributed by atoms with Gasteiger partial charge in [-0.2, -0.15) is 0 Å².